The Balaban J connectivity index is 1.61. The maximum atomic E-state index is 12.7. The first kappa shape index (κ1) is 22.9. The number of hydrogen-bond acceptors (Lipinski definition) is 5. The van der Waals surface area contributed by atoms with E-state index in [4.69, 9.17) is 9.47 Å². The highest BCUT2D eigenvalue weighted by Gasteiger charge is 2.21. The van der Waals surface area contributed by atoms with E-state index in [1.165, 1.54) is 18.6 Å². The molecule has 0 radical (unpaired) electrons. The average Bonchev–Trinajstić information content (AvgIpc) is 2.76. The standard InChI is InChI=1S/C23H30N2O5S/c1-3-29-22-12-8-7-11-21(22)25-31(27,28)20-15-13-19(14-16-20)30-17(2)23(26)24-18-9-5-4-6-10-18/h7-8,11-18,25H,3-6,9-10H2,1-2H3,(H,24,26)/t17-/m1/s1. The van der Waals surface area contributed by atoms with E-state index in [1.54, 1.807) is 43.3 Å². The molecule has 7 nitrogen and oxygen atoms in total. The van der Waals surface area contributed by atoms with Crippen molar-refractivity contribution in [2.24, 2.45) is 0 Å². The van der Waals surface area contributed by atoms with Crippen molar-refractivity contribution < 1.29 is 22.7 Å². The fourth-order valence-corrected chi connectivity index (χ4v) is 4.63. The molecule has 168 valence electrons. The molecule has 0 spiro atoms. The third-order valence-corrected chi connectivity index (χ3v) is 6.58. The van der Waals surface area contributed by atoms with Crippen molar-refractivity contribution in [3.8, 4) is 11.5 Å². The van der Waals surface area contributed by atoms with E-state index in [9.17, 15) is 13.2 Å². The molecule has 0 saturated heterocycles. The fourth-order valence-electron chi connectivity index (χ4n) is 3.56. The zero-order valence-corrected chi connectivity index (χ0v) is 18.8. The van der Waals surface area contributed by atoms with Gasteiger partial charge in [0, 0.05) is 6.04 Å². The van der Waals surface area contributed by atoms with Gasteiger partial charge in [-0.1, -0.05) is 31.4 Å². The minimum absolute atomic E-state index is 0.0884. The number of benzene rings is 2. The van der Waals surface area contributed by atoms with E-state index < -0.39 is 16.1 Å². The van der Waals surface area contributed by atoms with Crippen molar-refractivity contribution in [2.45, 2.75) is 63.0 Å². The molecule has 2 aromatic rings. The Morgan fingerprint density at radius 1 is 1.06 bits per heavy atom. The van der Waals surface area contributed by atoms with Gasteiger partial charge in [0.1, 0.15) is 11.5 Å². The zero-order chi connectivity index (χ0) is 22.3. The van der Waals surface area contributed by atoms with Crippen molar-refractivity contribution >= 4 is 21.6 Å². The van der Waals surface area contributed by atoms with Gasteiger partial charge in [-0.15, -0.1) is 0 Å². The normalized spacial score (nSPS) is 15.7. The summed E-state index contributed by atoms with van der Waals surface area (Å²) < 4.78 is 39.2. The first-order valence-electron chi connectivity index (χ1n) is 10.7. The second kappa shape index (κ2) is 10.5. The van der Waals surface area contributed by atoms with Gasteiger partial charge in [0.05, 0.1) is 17.2 Å². The maximum absolute atomic E-state index is 12.7. The van der Waals surface area contributed by atoms with Gasteiger partial charge in [0.2, 0.25) is 0 Å². The highest BCUT2D eigenvalue weighted by Crippen LogP contribution is 2.27. The van der Waals surface area contributed by atoms with Gasteiger partial charge in [0.15, 0.2) is 6.10 Å². The van der Waals surface area contributed by atoms with Crippen LogP contribution >= 0.6 is 0 Å². The molecular weight excluding hydrogens is 416 g/mol. The van der Waals surface area contributed by atoms with Crippen LogP contribution in [-0.2, 0) is 14.8 Å². The Morgan fingerprint density at radius 2 is 1.74 bits per heavy atom. The number of para-hydroxylation sites is 2. The summed E-state index contributed by atoms with van der Waals surface area (Å²) in [5, 5.41) is 3.04. The SMILES string of the molecule is CCOc1ccccc1NS(=O)(=O)c1ccc(O[C@H](C)C(=O)NC2CCCCC2)cc1. The fraction of sp³-hybridized carbons (Fsp3) is 0.435. The molecule has 2 aromatic carbocycles. The number of anilines is 1. The van der Waals surface area contributed by atoms with E-state index in [2.05, 4.69) is 10.0 Å². The van der Waals surface area contributed by atoms with Gasteiger partial charge in [0.25, 0.3) is 15.9 Å². The van der Waals surface area contributed by atoms with Gasteiger partial charge >= 0.3 is 0 Å². The molecule has 8 heteroatoms. The van der Waals surface area contributed by atoms with Gasteiger partial charge in [-0.2, -0.15) is 0 Å². The lowest BCUT2D eigenvalue weighted by atomic mass is 9.95. The third-order valence-electron chi connectivity index (χ3n) is 5.20. The van der Waals surface area contributed by atoms with Crippen LogP contribution in [0, 0.1) is 0 Å². The third kappa shape index (κ3) is 6.37. The molecule has 3 rings (SSSR count). The Hall–Kier alpha value is -2.74. The van der Waals surface area contributed by atoms with Crippen LogP contribution in [0.4, 0.5) is 5.69 Å². The Morgan fingerprint density at radius 3 is 2.42 bits per heavy atom. The second-order valence-electron chi connectivity index (χ2n) is 7.61. The van der Waals surface area contributed by atoms with Crippen LogP contribution in [0.3, 0.4) is 0 Å². The maximum Gasteiger partial charge on any atom is 0.262 e. The number of hydrogen-bond donors (Lipinski definition) is 2. The van der Waals surface area contributed by atoms with Crippen molar-refractivity contribution in [2.75, 3.05) is 11.3 Å². The molecule has 1 atom stereocenters. The Kier molecular flexibility index (Phi) is 7.79. The molecule has 0 aliphatic heterocycles. The Bertz CT molecular complexity index is 970. The monoisotopic (exact) mass is 446 g/mol. The van der Waals surface area contributed by atoms with E-state index in [0.29, 0.717) is 23.8 Å². The van der Waals surface area contributed by atoms with Crippen LogP contribution in [-0.4, -0.2) is 33.1 Å². The number of nitrogens with one attached hydrogen (secondary N) is 2. The first-order valence-corrected chi connectivity index (χ1v) is 12.2. The van der Waals surface area contributed by atoms with Crippen molar-refractivity contribution in [1.82, 2.24) is 5.32 Å². The molecule has 2 N–H and O–H groups in total. The van der Waals surface area contributed by atoms with Gasteiger partial charge < -0.3 is 14.8 Å². The number of rotatable bonds is 9. The highest BCUT2D eigenvalue weighted by atomic mass is 32.2. The van der Waals surface area contributed by atoms with Crippen LogP contribution in [0.15, 0.2) is 53.4 Å². The molecule has 0 unspecified atom stereocenters. The summed E-state index contributed by atoms with van der Waals surface area (Å²) in [4.78, 5) is 12.5. The lowest BCUT2D eigenvalue weighted by molar-refractivity contribution is -0.128. The van der Waals surface area contributed by atoms with Gasteiger partial charge in [-0.25, -0.2) is 8.42 Å². The number of ether oxygens (including phenoxy) is 2. The summed E-state index contributed by atoms with van der Waals surface area (Å²) in [6, 6.07) is 13.1. The summed E-state index contributed by atoms with van der Waals surface area (Å²) in [6.45, 7) is 3.95. The summed E-state index contributed by atoms with van der Waals surface area (Å²) in [6.07, 6.45) is 4.84. The molecule has 1 aliphatic rings. The number of amides is 1. The smallest absolute Gasteiger partial charge is 0.262 e. The largest absolute Gasteiger partial charge is 0.492 e. The topological polar surface area (TPSA) is 93.7 Å². The molecule has 1 amide bonds. The molecular formula is C23H30N2O5S. The van der Waals surface area contributed by atoms with E-state index in [-0.39, 0.29) is 16.8 Å². The lowest BCUT2D eigenvalue weighted by Crippen LogP contribution is -2.43. The van der Waals surface area contributed by atoms with Gasteiger partial charge in [-0.3, -0.25) is 9.52 Å². The quantitative estimate of drug-likeness (QED) is 0.605. The lowest BCUT2D eigenvalue weighted by Gasteiger charge is -2.24. The summed E-state index contributed by atoms with van der Waals surface area (Å²) in [5.74, 6) is 0.740. The van der Waals surface area contributed by atoms with Crippen LogP contribution in [0.5, 0.6) is 11.5 Å². The van der Waals surface area contributed by atoms with Crippen molar-refractivity contribution in [3.63, 3.8) is 0 Å². The molecule has 0 bridgehead atoms. The summed E-state index contributed by atoms with van der Waals surface area (Å²) >= 11 is 0. The average molecular weight is 447 g/mol. The highest BCUT2D eigenvalue weighted by molar-refractivity contribution is 7.92. The minimum atomic E-state index is -3.80. The summed E-state index contributed by atoms with van der Waals surface area (Å²) in [5.41, 5.74) is 0.373. The van der Waals surface area contributed by atoms with Crippen molar-refractivity contribution in [3.05, 3.63) is 48.5 Å². The first-order chi connectivity index (χ1) is 14.9. The zero-order valence-electron chi connectivity index (χ0n) is 18.0. The predicted molar refractivity (Wildman–Crippen MR) is 120 cm³/mol. The predicted octanol–water partition coefficient (Wildman–Crippen LogP) is 4.10. The van der Waals surface area contributed by atoms with Crippen LogP contribution < -0.4 is 19.5 Å². The molecule has 0 heterocycles. The van der Waals surface area contributed by atoms with Crippen LogP contribution in [0.25, 0.3) is 0 Å². The van der Waals surface area contributed by atoms with E-state index >= 15 is 0 Å². The molecule has 1 fully saturated rings. The second-order valence-corrected chi connectivity index (χ2v) is 9.29. The number of sulfonamides is 1. The molecule has 0 aromatic heterocycles. The molecule has 31 heavy (non-hydrogen) atoms. The van der Waals surface area contributed by atoms with Crippen LogP contribution in [0.2, 0.25) is 0 Å². The van der Waals surface area contributed by atoms with E-state index in [1.807, 2.05) is 6.92 Å². The van der Waals surface area contributed by atoms with Crippen molar-refractivity contribution in [1.29, 1.82) is 0 Å². The minimum Gasteiger partial charge on any atom is -0.492 e. The number of carbonyl (C=O) groups is 1. The molecule has 1 aliphatic carbocycles. The van der Waals surface area contributed by atoms with Gasteiger partial charge in [-0.05, 0) is 63.1 Å². The summed E-state index contributed by atoms with van der Waals surface area (Å²) in [7, 11) is -3.80. The van der Waals surface area contributed by atoms with E-state index in [0.717, 1.165) is 25.7 Å². The Labute approximate surface area is 184 Å². The number of carbonyl (C=O) groups excluding carboxylic acids is 1. The molecule has 1 saturated carbocycles. The van der Waals surface area contributed by atoms with Crippen LogP contribution in [0.1, 0.15) is 46.0 Å².